The first-order chi connectivity index (χ1) is 11.5. The lowest BCUT2D eigenvalue weighted by atomic mass is 9.97. The Hall–Kier alpha value is -1.68. The number of nitrogens with zero attached hydrogens (tertiary/aromatic N) is 3. The van der Waals surface area contributed by atoms with Gasteiger partial charge in [-0.2, -0.15) is 0 Å². The molecular weight excluding hydrogens is 298 g/mol. The van der Waals surface area contributed by atoms with Crippen LogP contribution in [0.3, 0.4) is 0 Å². The SMILES string of the molecule is Cc1ccc2c(=O)n(CCC3CCCCN3C(C)C)cnc2c1C. The molecule has 0 spiro atoms. The maximum atomic E-state index is 12.8. The Balaban J connectivity index is 1.82. The first-order valence-electron chi connectivity index (χ1n) is 9.20. The molecule has 0 amide bonds. The van der Waals surface area contributed by atoms with Crippen LogP contribution in [0.25, 0.3) is 10.9 Å². The highest BCUT2D eigenvalue weighted by molar-refractivity contribution is 5.81. The molecule has 1 aromatic heterocycles. The van der Waals surface area contributed by atoms with E-state index in [4.69, 9.17) is 0 Å². The van der Waals surface area contributed by atoms with E-state index in [-0.39, 0.29) is 5.56 Å². The number of benzene rings is 1. The number of likely N-dealkylation sites (tertiary alicyclic amines) is 1. The fraction of sp³-hybridized carbons (Fsp3) is 0.600. The summed E-state index contributed by atoms with van der Waals surface area (Å²) in [5, 5.41) is 0.741. The van der Waals surface area contributed by atoms with E-state index in [9.17, 15) is 4.79 Å². The first-order valence-corrected chi connectivity index (χ1v) is 9.20. The summed E-state index contributed by atoms with van der Waals surface area (Å²) in [5.41, 5.74) is 3.23. The second kappa shape index (κ2) is 7.06. The molecule has 1 unspecified atom stereocenters. The predicted molar refractivity (Wildman–Crippen MR) is 99.6 cm³/mol. The fourth-order valence-electron chi connectivity index (χ4n) is 3.93. The monoisotopic (exact) mass is 327 g/mol. The molecule has 0 N–H and O–H groups in total. The van der Waals surface area contributed by atoms with Crippen molar-refractivity contribution in [2.24, 2.45) is 0 Å². The van der Waals surface area contributed by atoms with Crippen LogP contribution in [0, 0.1) is 13.8 Å². The third-order valence-corrected chi connectivity index (χ3v) is 5.56. The maximum absolute atomic E-state index is 12.8. The normalized spacial score (nSPS) is 19.3. The highest BCUT2D eigenvalue weighted by Crippen LogP contribution is 2.22. The van der Waals surface area contributed by atoms with Gasteiger partial charge in [0.15, 0.2) is 0 Å². The molecule has 1 saturated heterocycles. The van der Waals surface area contributed by atoms with Gasteiger partial charge in [-0.25, -0.2) is 4.98 Å². The molecule has 1 fully saturated rings. The van der Waals surface area contributed by atoms with Gasteiger partial charge in [-0.1, -0.05) is 12.5 Å². The van der Waals surface area contributed by atoms with Crippen molar-refractivity contribution in [3.05, 3.63) is 39.9 Å². The topological polar surface area (TPSA) is 38.1 Å². The summed E-state index contributed by atoms with van der Waals surface area (Å²) < 4.78 is 1.80. The molecule has 2 aromatic rings. The molecule has 4 nitrogen and oxygen atoms in total. The van der Waals surface area contributed by atoms with Crippen molar-refractivity contribution in [3.63, 3.8) is 0 Å². The maximum Gasteiger partial charge on any atom is 0.261 e. The van der Waals surface area contributed by atoms with Gasteiger partial charge in [0.05, 0.1) is 17.2 Å². The number of aryl methyl sites for hydroxylation is 3. The number of rotatable bonds is 4. The quantitative estimate of drug-likeness (QED) is 0.860. The Labute approximate surface area is 144 Å². The van der Waals surface area contributed by atoms with E-state index < -0.39 is 0 Å². The van der Waals surface area contributed by atoms with Gasteiger partial charge in [0.1, 0.15) is 0 Å². The molecule has 2 heterocycles. The van der Waals surface area contributed by atoms with Crippen molar-refractivity contribution < 1.29 is 0 Å². The van der Waals surface area contributed by atoms with E-state index in [2.05, 4.69) is 30.7 Å². The number of hydrogen-bond acceptors (Lipinski definition) is 3. The van der Waals surface area contributed by atoms with E-state index in [1.165, 1.54) is 31.4 Å². The Kier molecular flexibility index (Phi) is 5.04. The van der Waals surface area contributed by atoms with Crippen LogP contribution in [0.2, 0.25) is 0 Å². The zero-order valence-corrected chi connectivity index (χ0v) is 15.4. The minimum atomic E-state index is 0.0926. The lowest BCUT2D eigenvalue weighted by Crippen LogP contribution is -2.44. The van der Waals surface area contributed by atoms with Crippen LogP contribution in [0.4, 0.5) is 0 Å². The van der Waals surface area contributed by atoms with E-state index in [1.807, 2.05) is 19.1 Å². The molecule has 1 atom stereocenters. The highest BCUT2D eigenvalue weighted by Gasteiger charge is 2.24. The van der Waals surface area contributed by atoms with Gasteiger partial charge in [-0.3, -0.25) is 14.3 Å². The average Bonchev–Trinajstić information content (AvgIpc) is 2.58. The second-order valence-corrected chi connectivity index (χ2v) is 7.42. The summed E-state index contributed by atoms with van der Waals surface area (Å²) in [6.45, 7) is 10.6. The Morgan fingerprint density at radius 3 is 2.79 bits per heavy atom. The van der Waals surface area contributed by atoms with Gasteiger partial charge < -0.3 is 0 Å². The summed E-state index contributed by atoms with van der Waals surface area (Å²) in [7, 11) is 0. The standard InChI is InChI=1S/C20H29N3O/c1-14(2)23-11-6-5-7-17(23)10-12-22-13-21-19-16(4)15(3)8-9-18(19)20(22)24/h8-9,13-14,17H,5-7,10-12H2,1-4H3. The fourth-order valence-corrected chi connectivity index (χ4v) is 3.93. The van der Waals surface area contributed by atoms with Gasteiger partial charge in [0.25, 0.3) is 5.56 Å². The van der Waals surface area contributed by atoms with Crippen molar-refractivity contribution >= 4 is 10.9 Å². The van der Waals surface area contributed by atoms with Gasteiger partial charge in [-0.15, -0.1) is 0 Å². The van der Waals surface area contributed by atoms with E-state index in [0.717, 1.165) is 29.4 Å². The van der Waals surface area contributed by atoms with E-state index in [1.54, 1.807) is 10.9 Å². The van der Waals surface area contributed by atoms with E-state index >= 15 is 0 Å². The van der Waals surface area contributed by atoms with Crippen molar-refractivity contribution in [3.8, 4) is 0 Å². The summed E-state index contributed by atoms with van der Waals surface area (Å²) in [6.07, 6.45) is 6.60. The zero-order chi connectivity index (χ0) is 17.3. The smallest absolute Gasteiger partial charge is 0.261 e. The molecule has 0 aliphatic carbocycles. The minimum absolute atomic E-state index is 0.0926. The average molecular weight is 327 g/mol. The third-order valence-electron chi connectivity index (χ3n) is 5.56. The predicted octanol–water partition coefficient (Wildman–Crippen LogP) is 3.67. The van der Waals surface area contributed by atoms with Gasteiger partial charge >= 0.3 is 0 Å². The Morgan fingerprint density at radius 2 is 2.04 bits per heavy atom. The molecule has 0 saturated carbocycles. The van der Waals surface area contributed by atoms with E-state index in [0.29, 0.717) is 12.1 Å². The highest BCUT2D eigenvalue weighted by atomic mass is 16.1. The van der Waals surface area contributed by atoms with Crippen LogP contribution >= 0.6 is 0 Å². The zero-order valence-electron chi connectivity index (χ0n) is 15.4. The van der Waals surface area contributed by atoms with Gasteiger partial charge in [0.2, 0.25) is 0 Å². The summed E-state index contributed by atoms with van der Waals surface area (Å²) in [5.74, 6) is 0. The number of fused-ring (bicyclic) bond motifs is 1. The van der Waals surface area contributed by atoms with Gasteiger partial charge in [0, 0.05) is 18.6 Å². The molecule has 24 heavy (non-hydrogen) atoms. The van der Waals surface area contributed by atoms with Crippen LogP contribution in [0.15, 0.2) is 23.3 Å². The van der Waals surface area contributed by atoms with Crippen LogP contribution in [-0.4, -0.2) is 33.1 Å². The first kappa shape index (κ1) is 17.2. The largest absolute Gasteiger partial charge is 0.299 e. The van der Waals surface area contributed by atoms with Crippen molar-refractivity contribution in [2.75, 3.05) is 6.54 Å². The minimum Gasteiger partial charge on any atom is -0.299 e. The van der Waals surface area contributed by atoms with Crippen LogP contribution in [0.1, 0.15) is 50.7 Å². The molecule has 1 aliphatic rings. The second-order valence-electron chi connectivity index (χ2n) is 7.42. The Bertz CT molecular complexity index is 778. The molecule has 1 aromatic carbocycles. The lowest BCUT2D eigenvalue weighted by molar-refractivity contribution is 0.102. The lowest BCUT2D eigenvalue weighted by Gasteiger charge is -2.38. The molecule has 0 bridgehead atoms. The molecule has 3 rings (SSSR count). The van der Waals surface area contributed by atoms with Gasteiger partial charge in [-0.05, 0) is 70.7 Å². The van der Waals surface area contributed by atoms with Crippen molar-refractivity contribution in [1.29, 1.82) is 0 Å². The summed E-state index contributed by atoms with van der Waals surface area (Å²) >= 11 is 0. The molecule has 130 valence electrons. The van der Waals surface area contributed by atoms with Crippen LogP contribution in [0.5, 0.6) is 0 Å². The molecule has 1 aliphatic heterocycles. The third kappa shape index (κ3) is 3.25. The van der Waals surface area contributed by atoms with Crippen LogP contribution < -0.4 is 5.56 Å². The Morgan fingerprint density at radius 1 is 1.25 bits per heavy atom. The van der Waals surface area contributed by atoms with Crippen molar-refractivity contribution in [1.82, 2.24) is 14.5 Å². The summed E-state index contributed by atoms with van der Waals surface area (Å²) in [4.78, 5) is 20.0. The molecule has 0 radical (unpaired) electrons. The number of aromatic nitrogens is 2. The van der Waals surface area contributed by atoms with Crippen molar-refractivity contribution in [2.45, 2.75) is 72.0 Å². The van der Waals surface area contributed by atoms with Crippen LogP contribution in [-0.2, 0) is 6.54 Å². The molecule has 4 heteroatoms. The summed E-state index contributed by atoms with van der Waals surface area (Å²) in [6, 6.07) is 5.10. The number of piperidine rings is 1. The number of hydrogen-bond donors (Lipinski definition) is 0. The molecular formula is C20H29N3O.